The minimum absolute atomic E-state index is 1.26. The lowest BCUT2D eigenvalue weighted by Crippen LogP contribution is -2.52. The van der Waals surface area contributed by atoms with Gasteiger partial charge in [-0.1, -0.05) is 69.0 Å². The van der Waals surface area contributed by atoms with E-state index < -0.39 is 0 Å². The van der Waals surface area contributed by atoms with E-state index in [2.05, 4.69) is 50.3 Å². The normalized spacial score (nSPS) is 19.8. The van der Waals surface area contributed by atoms with E-state index in [1.54, 1.807) is 11.1 Å². The fraction of sp³-hybridized carbons (Fsp3) is 0.680. The monoisotopic (exact) mass is 356 g/mol. The number of hydrogen-bond acceptors (Lipinski definition) is 0. The summed E-state index contributed by atoms with van der Waals surface area (Å²) in [4.78, 5) is 0. The summed E-state index contributed by atoms with van der Waals surface area (Å²) in [6.07, 6.45) is 19.7. The third-order valence-electron chi connectivity index (χ3n) is 6.20. The first-order valence-electron chi connectivity index (χ1n) is 11.3. The zero-order chi connectivity index (χ0) is 18.5. The van der Waals surface area contributed by atoms with E-state index in [9.17, 15) is 0 Å². The van der Waals surface area contributed by atoms with E-state index in [4.69, 9.17) is 0 Å². The van der Waals surface area contributed by atoms with Gasteiger partial charge in [-0.05, 0) is 51.0 Å². The van der Waals surface area contributed by atoms with Crippen LogP contribution in [0.5, 0.6) is 0 Å². The number of hydrogen-bond donors (Lipinski definition) is 0. The maximum Gasteiger partial charge on any atom is 0.105 e. The number of benzene rings is 1. The topological polar surface area (TPSA) is 0 Å². The molecule has 146 valence electrons. The van der Waals surface area contributed by atoms with Crippen molar-refractivity contribution in [3.63, 3.8) is 0 Å². The van der Waals surface area contributed by atoms with Gasteiger partial charge in [0.1, 0.15) is 6.54 Å². The van der Waals surface area contributed by atoms with E-state index in [1.807, 2.05) is 0 Å². The Bertz CT molecular complexity index is 519. The highest BCUT2D eigenvalue weighted by Crippen LogP contribution is 2.27. The second-order valence-corrected chi connectivity index (χ2v) is 8.38. The van der Waals surface area contributed by atoms with Gasteiger partial charge in [-0.25, -0.2) is 0 Å². The second-order valence-electron chi connectivity index (χ2n) is 8.38. The Morgan fingerprint density at radius 2 is 1.50 bits per heavy atom. The summed E-state index contributed by atoms with van der Waals surface area (Å²) >= 11 is 0. The number of quaternary nitrogens is 1. The zero-order valence-corrected chi connectivity index (χ0v) is 17.5. The van der Waals surface area contributed by atoms with Crippen LogP contribution in [0.3, 0.4) is 0 Å². The summed E-state index contributed by atoms with van der Waals surface area (Å²) in [7, 11) is 0. The van der Waals surface area contributed by atoms with Gasteiger partial charge in [0.25, 0.3) is 0 Å². The molecular formula is C25H42N+. The molecule has 0 radical (unpaired) electrons. The highest BCUT2D eigenvalue weighted by Gasteiger charge is 2.31. The SMILES string of the molecule is C/C=C/CCCCC[N+]1(CCCCCCCC)CCc2ccccc2C1. The minimum Gasteiger partial charge on any atom is -0.320 e. The molecule has 1 heterocycles. The minimum atomic E-state index is 1.26. The molecule has 0 amide bonds. The predicted molar refractivity (Wildman–Crippen MR) is 115 cm³/mol. The van der Waals surface area contributed by atoms with Crippen molar-refractivity contribution in [1.82, 2.24) is 0 Å². The van der Waals surface area contributed by atoms with Crippen LogP contribution in [0.25, 0.3) is 0 Å². The Hall–Kier alpha value is -1.08. The third kappa shape index (κ3) is 7.27. The van der Waals surface area contributed by atoms with Crippen LogP contribution in [0.2, 0.25) is 0 Å². The molecule has 1 aromatic rings. The Labute approximate surface area is 163 Å². The van der Waals surface area contributed by atoms with Crippen LogP contribution in [0.4, 0.5) is 0 Å². The van der Waals surface area contributed by atoms with Gasteiger partial charge in [0.2, 0.25) is 0 Å². The molecule has 0 aliphatic carbocycles. The van der Waals surface area contributed by atoms with Crippen LogP contribution in [0.15, 0.2) is 36.4 Å². The molecule has 26 heavy (non-hydrogen) atoms. The maximum atomic E-state index is 2.38. The van der Waals surface area contributed by atoms with Gasteiger partial charge in [-0.2, -0.15) is 0 Å². The summed E-state index contributed by atoms with van der Waals surface area (Å²) in [5.74, 6) is 0. The molecule has 1 unspecified atom stereocenters. The van der Waals surface area contributed by atoms with Crippen molar-refractivity contribution in [3.05, 3.63) is 47.5 Å². The first-order chi connectivity index (χ1) is 12.8. The summed E-state index contributed by atoms with van der Waals surface area (Å²) in [5.41, 5.74) is 3.23. The summed E-state index contributed by atoms with van der Waals surface area (Å²) in [6, 6.07) is 9.19. The van der Waals surface area contributed by atoms with Crippen molar-refractivity contribution in [2.24, 2.45) is 0 Å². The standard InChI is InChI=1S/C25H42N/c1-3-5-7-9-11-15-20-26(21-16-12-10-8-6-4-2)22-19-24-17-13-14-18-25(24)23-26/h3,5,13-14,17-18H,4,6-12,15-16,19-23H2,1-2H3/q+1/b5-3+. The number of rotatable bonds is 13. The Balaban J connectivity index is 1.85. The van der Waals surface area contributed by atoms with Crippen LogP contribution in [0.1, 0.15) is 89.2 Å². The van der Waals surface area contributed by atoms with Crippen molar-refractivity contribution >= 4 is 0 Å². The molecule has 0 saturated heterocycles. The van der Waals surface area contributed by atoms with Crippen molar-refractivity contribution < 1.29 is 4.48 Å². The molecule has 0 aromatic heterocycles. The first-order valence-corrected chi connectivity index (χ1v) is 11.3. The zero-order valence-electron chi connectivity index (χ0n) is 17.5. The fourth-order valence-electron chi connectivity index (χ4n) is 4.53. The highest BCUT2D eigenvalue weighted by atomic mass is 15.4. The summed E-state index contributed by atoms with van der Waals surface area (Å²) in [6.45, 7) is 9.86. The van der Waals surface area contributed by atoms with Crippen molar-refractivity contribution in [2.45, 2.75) is 91.0 Å². The second kappa shape index (κ2) is 12.3. The van der Waals surface area contributed by atoms with Gasteiger partial charge in [-0.3, -0.25) is 0 Å². The molecule has 1 aromatic carbocycles. The van der Waals surface area contributed by atoms with E-state index >= 15 is 0 Å². The molecule has 0 bridgehead atoms. The Morgan fingerprint density at radius 3 is 2.23 bits per heavy atom. The molecule has 1 nitrogen and oxygen atoms in total. The van der Waals surface area contributed by atoms with Gasteiger partial charge in [0.15, 0.2) is 0 Å². The molecule has 0 saturated carbocycles. The molecule has 0 spiro atoms. The van der Waals surface area contributed by atoms with Gasteiger partial charge < -0.3 is 4.48 Å². The molecular weight excluding hydrogens is 314 g/mol. The van der Waals surface area contributed by atoms with Crippen LogP contribution >= 0.6 is 0 Å². The average Bonchev–Trinajstić information content (AvgIpc) is 2.67. The number of fused-ring (bicyclic) bond motifs is 1. The smallest absolute Gasteiger partial charge is 0.105 e. The van der Waals surface area contributed by atoms with E-state index in [1.165, 1.54) is 101 Å². The molecule has 1 aliphatic heterocycles. The third-order valence-corrected chi connectivity index (χ3v) is 6.20. The van der Waals surface area contributed by atoms with Crippen LogP contribution in [-0.4, -0.2) is 24.1 Å². The Kier molecular flexibility index (Phi) is 10.1. The van der Waals surface area contributed by atoms with Crippen molar-refractivity contribution in [3.8, 4) is 0 Å². The van der Waals surface area contributed by atoms with E-state index in [0.717, 1.165) is 0 Å². The number of unbranched alkanes of at least 4 members (excludes halogenated alkanes) is 8. The molecule has 1 aliphatic rings. The van der Waals surface area contributed by atoms with E-state index in [0.29, 0.717) is 0 Å². The number of allylic oxidation sites excluding steroid dienone is 2. The van der Waals surface area contributed by atoms with Crippen LogP contribution in [-0.2, 0) is 13.0 Å². The van der Waals surface area contributed by atoms with Gasteiger partial charge >= 0.3 is 0 Å². The van der Waals surface area contributed by atoms with Gasteiger partial charge in [-0.15, -0.1) is 0 Å². The molecule has 0 fully saturated rings. The van der Waals surface area contributed by atoms with Crippen molar-refractivity contribution in [2.75, 3.05) is 19.6 Å². The Morgan fingerprint density at radius 1 is 0.846 bits per heavy atom. The fourth-order valence-corrected chi connectivity index (χ4v) is 4.53. The van der Waals surface area contributed by atoms with Crippen molar-refractivity contribution in [1.29, 1.82) is 0 Å². The average molecular weight is 357 g/mol. The first kappa shape index (κ1) is 21.2. The molecule has 1 atom stereocenters. The van der Waals surface area contributed by atoms with Crippen LogP contribution in [0, 0.1) is 0 Å². The maximum absolute atomic E-state index is 2.38. The van der Waals surface area contributed by atoms with Gasteiger partial charge in [0.05, 0.1) is 19.6 Å². The molecule has 2 rings (SSSR count). The largest absolute Gasteiger partial charge is 0.320 e. The molecule has 1 heteroatoms. The summed E-state index contributed by atoms with van der Waals surface area (Å²) < 4.78 is 1.36. The number of nitrogens with zero attached hydrogens (tertiary/aromatic N) is 1. The summed E-state index contributed by atoms with van der Waals surface area (Å²) in [5, 5.41) is 0. The lowest BCUT2D eigenvalue weighted by atomic mass is 9.96. The predicted octanol–water partition coefficient (Wildman–Crippen LogP) is 7.06. The lowest BCUT2D eigenvalue weighted by molar-refractivity contribution is -0.943. The lowest BCUT2D eigenvalue weighted by Gasteiger charge is -2.42. The van der Waals surface area contributed by atoms with E-state index in [-0.39, 0.29) is 0 Å². The molecule has 0 N–H and O–H groups in total. The van der Waals surface area contributed by atoms with Crippen LogP contribution < -0.4 is 0 Å². The highest BCUT2D eigenvalue weighted by molar-refractivity contribution is 5.27. The van der Waals surface area contributed by atoms with Gasteiger partial charge in [0, 0.05) is 12.0 Å². The quantitative estimate of drug-likeness (QED) is 0.202.